The van der Waals surface area contributed by atoms with E-state index >= 15 is 0 Å². The van der Waals surface area contributed by atoms with Crippen LogP contribution in [0.1, 0.15) is 0 Å². The summed E-state index contributed by atoms with van der Waals surface area (Å²) in [6.07, 6.45) is 1.80. The van der Waals surface area contributed by atoms with Crippen molar-refractivity contribution in [3.05, 3.63) is 79.0 Å². The van der Waals surface area contributed by atoms with Gasteiger partial charge in [-0.15, -0.1) is 11.3 Å². The number of hydrogen-bond donors (Lipinski definition) is 1. The number of rotatable bonds is 1. The summed E-state index contributed by atoms with van der Waals surface area (Å²) >= 11 is 1.82. The molecule has 6 rings (SSSR count). The average Bonchev–Trinajstić information content (AvgIpc) is 3.23. The molecule has 0 atom stereocenters. The molecule has 3 nitrogen and oxygen atoms in total. The second kappa shape index (κ2) is 5.32. The Balaban J connectivity index is 1.92. The molecule has 0 aliphatic carbocycles. The first-order valence-corrected chi connectivity index (χ1v) is 9.62. The molecule has 3 aromatic heterocycles. The molecule has 27 heavy (non-hydrogen) atoms. The van der Waals surface area contributed by atoms with Gasteiger partial charge in [-0.1, -0.05) is 24.3 Å². The molecule has 0 saturated carbocycles. The number of pyridine rings is 1. The van der Waals surface area contributed by atoms with Gasteiger partial charge in [-0.25, -0.2) is 4.98 Å². The van der Waals surface area contributed by atoms with Crippen molar-refractivity contribution >= 4 is 53.3 Å². The number of aromatic nitrogens is 2. The van der Waals surface area contributed by atoms with Crippen LogP contribution < -0.4 is 0 Å². The number of hydrogen-bond acceptors (Lipinski definition) is 3. The third-order valence-corrected chi connectivity index (χ3v) is 6.27. The van der Waals surface area contributed by atoms with Crippen molar-refractivity contribution < 1.29 is 5.11 Å². The van der Waals surface area contributed by atoms with Gasteiger partial charge in [0.05, 0.1) is 11.0 Å². The SMILES string of the molecule is Oc1ccc2c3c4c(ccc3n(-c3ccccn3)c2c1)sc1ccccc14. The molecule has 0 aliphatic rings. The van der Waals surface area contributed by atoms with Crippen LogP contribution in [0.4, 0.5) is 0 Å². The van der Waals surface area contributed by atoms with Crippen molar-refractivity contribution in [3.63, 3.8) is 0 Å². The third kappa shape index (κ3) is 1.99. The van der Waals surface area contributed by atoms with Gasteiger partial charge >= 0.3 is 0 Å². The maximum Gasteiger partial charge on any atom is 0.137 e. The number of thiophene rings is 1. The molecule has 1 N–H and O–H groups in total. The maximum absolute atomic E-state index is 10.1. The molecule has 6 aromatic rings. The van der Waals surface area contributed by atoms with E-state index in [1.54, 1.807) is 12.3 Å². The molecule has 0 spiro atoms. The summed E-state index contributed by atoms with van der Waals surface area (Å²) in [6.45, 7) is 0. The van der Waals surface area contributed by atoms with E-state index in [1.165, 1.54) is 25.6 Å². The Bertz CT molecular complexity index is 1480. The number of phenolic OH excluding ortho intramolecular Hbond substituents is 1. The van der Waals surface area contributed by atoms with Crippen LogP contribution >= 0.6 is 11.3 Å². The Morgan fingerprint density at radius 1 is 0.741 bits per heavy atom. The van der Waals surface area contributed by atoms with Crippen LogP contribution in [0.2, 0.25) is 0 Å². The first-order chi connectivity index (χ1) is 13.3. The summed E-state index contributed by atoms with van der Waals surface area (Å²) < 4.78 is 4.70. The standard InChI is InChI=1S/C23H14N2OS/c26-14-8-9-15-18(13-14)25(21-7-3-4-12-24-21)17-10-11-20-23(22(15)17)16-5-1-2-6-19(16)27-20/h1-13,26H. The molecule has 0 unspecified atom stereocenters. The normalized spacial score (nSPS) is 11.9. The van der Waals surface area contributed by atoms with E-state index in [0.29, 0.717) is 0 Å². The van der Waals surface area contributed by atoms with Crippen molar-refractivity contribution in [1.82, 2.24) is 9.55 Å². The van der Waals surface area contributed by atoms with Crippen LogP contribution in [0.5, 0.6) is 5.75 Å². The lowest BCUT2D eigenvalue weighted by Crippen LogP contribution is -1.95. The van der Waals surface area contributed by atoms with Crippen molar-refractivity contribution in [2.45, 2.75) is 0 Å². The molecule has 0 radical (unpaired) electrons. The fourth-order valence-electron chi connectivity index (χ4n) is 4.04. The highest BCUT2D eigenvalue weighted by Crippen LogP contribution is 2.43. The van der Waals surface area contributed by atoms with Crippen LogP contribution in [-0.2, 0) is 0 Å². The largest absolute Gasteiger partial charge is 0.508 e. The van der Waals surface area contributed by atoms with Gasteiger partial charge in [0.15, 0.2) is 0 Å². The highest BCUT2D eigenvalue weighted by Gasteiger charge is 2.18. The molecule has 3 aromatic carbocycles. The zero-order valence-corrected chi connectivity index (χ0v) is 15.1. The van der Waals surface area contributed by atoms with E-state index in [4.69, 9.17) is 0 Å². The van der Waals surface area contributed by atoms with Crippen LogP contribution in [0, 0.1) is 0 Å². The summed E-state index contributed by atoms with van der Waals surface area (Å²) in [5.41, 5.74) is 2.07. The van der Waals surface area contributed by atoms with Crippen molar-refractivity contribution in [1.29, 1.82) is 0 Å². The molecule has 0 saturated heterocycles. The second-order valence-electron chi connectivity index (χ2n) is 6.66. The highest BCUT2D eigenvalue weighted by molar-refractivity contribution is 7.26. The Kier molecular flexibility index (Phi) is 2.91. The van der Waals surface area contributed by atoms with Crippen molar-refractivity contribution in [3.8, 4) is 11.6 Å². The van der Waals surface area contributed by atoms with Gasteiger partial charge in [0.1, 0.15) is 11.6 Å². The van der Waals surface area contributed by atoms with Gasteiger partial charge in [0.25, 0.3) is 0 Å². The number of phenols is 1. The summed E-state index contributed by atoms with van der Waals surface area (Å²) in [6, 6.07) is 24.4. The number of benzene rings is 3. The predicted octanol–water partition coefficient (Wildman–Crippen LogP) is 6.25. The van der Waals surface area contributed by atoms with Crippen molar-refractivity contribution in [2.24, 2.45) is 0 Å². The van der Waals surface area contributed by atoms with Gasteiger partial charge < -0.3 is 5.11 Å². The van der Waals surface area contributed by atoms with Crippen LogP contribution in [0.3, 0.4) is 0 Å². The first kappa shape index (κ1) is 14.8. The fourth-order valence-corrected chi connectivity index (χ4v) is 5.16. The van der Waals surface area contributed by atoms with Crippen LogP contribution in [-0.4, -0.2) is 14.7 Å². The highest BCUT2D eigenvalue weighted by atomic mass is 32.1. The minimum atomic E-state index is 0.258. The molecule has 0 aliphatic heterocycles. The predicted molar refractivity (Wildman–Crippen MR) is 113 cm³/mol. The Morgan fingerprint density at radius 2 is 1.63 bits per heavy atom. The molecular formula is C23H14N2OS. The summed E-state index contributed by atoms with van der Waals surface area (Å²) in [5, 5.41) is 15.0. The van der Waals surface area contributed by atoms with Crippen LogP contribution in [0.15, 0.2) is 79.0 Å². The van der Waals surface area contributed by atoms with Gasteiger partial charge in [0.2, 0.25) is 0 Å². The maximum atomic E-state index is 10.1. The Labute approximate surface area is 158 Å². The van der Waals surface area contributed by atoms with E-state index in [0.717, 1.165) is 22.2 Å². The Morgan fingerprint density at radius 3 is 2.52 bits per heavy atom. The smallest absolute Gasteiger partial charge is 0.137 e. The summed E-state index contributed by atoms with van der Waals surface area (Å²) in [7, 11) is 0. The van der Waals surface area contributed by atoms with E-state index in [-0.39, 0.29) is 5.75 Å². The van der Waals surface area contributed by atoms with E-state index < -0.39 is 0 Å². The summed E-state index contributed by atoms with van der Waals surface area (Å²) in [4.78, 5) is 4.57. The zero-order chi connectivity index (χ0) is 18.0. The topological polar surface area (TPSA) is 38.0 Å². The number of aromatic hydroxyl groups is 1. The Hall–Kier alpha value is -3.37. The monoisotopic (exact) mass is 366 g/mol. The van der Waals surface area contributed by atoms with Crippen molar-refractivity contribution in [2.75, 3.05) is 0 Å². The zero-order valence-electron chi connectivity index (χ0n) is 14.3. The van der Waals surface area contributed by atoms with E-state index in [1.807, 2.05) is 41.7 Å². The molecule has 0 amide bonds. The molecule has 3 heterocycles. The lowest BCUT2D eigenvalue weighted by atomic mass is 10.1. The van der Waals surface area contributed by atoms with Gasteiger partial charge in [-0.2, -0.15) is 0 Å². The van der Waals surface area contributed by atoms with E-state index in [9.17, 15) is 5.11 Å². The molecule has 4 heteroatoms. The average molecular weight is 366 g/mol. The molecular weight excluding hydrogens is 352 g/mol. The first-order valence-electron chi connectivity index (χ1n) is 8.80. The lowest BCUT2D eigenvalue weighted by Gasteiger charge is -2.06. The minimum absolute atomic E-state index is 0.258. The molecule has 0 bridgehead atoms. The fraction of sp³-hybridized carbons (Fsp3) is 0. The quantitative estimate of drug-likeness (QED) is 0.373. The third-order valence-electron chi connectivity index (χ3n) is 5.13. The van der Waals surface area contributed by atoms with Crippen LogP contribution in [0.25, 0.3) is 47.8 Å². The van der Waals surface area contributed by atoms with Gasteiger partial charge in [-0.3, -0.25) is 4.57 Å². The minimum Gasteiger partial charge on any atom is -0.508 e. The van der Waals surface area contributed by atoms with Gasteiger partial charge in [0, 0.05) is 43.2 Å². The number of fused-ring (bicyclic) bond motifs is 7. The van der Waals surface area contributed by atoms with Gasteiger partial charge in [-0.05, 0) is 42.5 Å². The second-order valence-corrected chi connectivity index (χ2v) is 7.74. The number of nitrogens with zero attached hydrogens (tertiary/aromatic N) is 2. The molecule has 0 fully saturated rings. The lowest BCUT2D eigenvalue weighted by molar-refractivity contribution is 0.476. The molecule has 128 valence electrons. The van der Waals surface area contributed by atoms with E-state index in [2.05, 4.69) is 45.9 Å². The summed E-state index contributed by atoms with van der Waals surface area (Å²) in [5.74, 6) is 1.11.